The first-order chi connectivity index (χ1) is 30.2. The monoisotopic (exact) mass is 566 g/mol. The number of benzene rings is 3. The number of hydrogen-bond donors (Lipinski definition) is 2. The minimum atomic E-state index is -4.52. The minimum absolute atomic E-state index is 0.0816. The molecule has 5 rings (SSSR count). The quantitative estimate of drug-likeness (QED) is 0.333. The Balaban J connectivity index is 1.90. The van der Waals surface area contributed by atoms with Crippen LogP contribution in [0.5, 0.6) is 0 Å². The lowest BCUT2D eigenvalue weighted by Crippen LogP contribution is -2.48. The molecule has 0 radical (unpaired) electrons. The van der Waals surface area contributed by atoms with Crippen LogP contribution in [0.3, 0.4) is 0 Å². The van der Waals surface area contributed by atoms with Crippen molar-refractivity contribution < 1.29 is 56.2 Å². The van der Waals surface area contributed by atoms with Gasteiger partial charge in [-0.1, -0.05) is 36.3 Å². The van der Waals surface area contributed by atoms with Crippen molar-refractivity contribution in [2.75, 3.05) is 69.1 Å². The Hall–Kier alpha value is -4.47. The maximum absolute atomic E-state index is 14.3. The summed E-state index contributed by atoms with van der Waals surface area (Å²) in [4.78, 5) is 39.3. The van der Waals surface area contributed by atoms with Crippen molar-refractivity contribution in [1.82, 2.24) is 9.80 Å². The first-order valence-corrected chi connectivity index (χ1v) is 10.9. The SMILES string of the molecule is [2H]c1c([2H])c([2H])c(/C(=C2/C(=O)N([2H])c3c([2H])c(C(=O)OC)c([2H])c([2H])c32)N([2H])c2c([2H])c([2H])c(N(C(=O)C([2H])([2H])N3C([2H])([2H])C([2H])([2H])N(C)C([2H])([2H])C3([2H])[2H])C([2H])([2H])[2H])c([2H])c2[2H])c([2H])c1[2H]. The third-order valence-electron chi connectivity index (χ3n) is 4.95. The number of likely N-dealkylation sites (N-methyl/N-ethyl adjacent to an activating group) is 2. The van der Waals surface area contributed by atoms with E-state index < -0.39 is 185 Å². The van der Waals surface area contributed by atoms with Crippen LogP contribution < -0.4 is 15.5 Å². The molecular weight excluding hydrogens is 506 g/mol. The summed E-state index contributed by atoms with van der Waals surface area (Å²) in [6.07, 6.45) is 0. The molecule has 0 saturated carbocycles. The average Bonchev–Trinajstić information content (AvgIpc) is 3.47. The molecule has 2 aliphatic heterocycles. The fourth-order valence-corrected chi connectivity index (χ4v) is 3.14. The number of carbonyl (C=O) groups excluding carboxylic acids is 3. The third-order valence-corrected chi connectivity index (χ3v) is 4.95. The number of ether oxygens (including phenoxy) is 1. The normalized spacial score (nSPS) is 32.3. The molecule has 2 aliphatic rings. The van der Waals surface area contributed by atoms with Gasteiger partial charge in [0.25, 0.3) is 5.91 Å². The lowest BCUT2D eigenvalue weighted by molar-refractivity contribution is -0.119. The van der Waals surface area contributed by atoms with E-state index in [1.165, 1.54) is 0 Å². The molecule has 0 atom stereocenters. The Labute approximate surface area is 272 Å². The number of nitrogens with one attached hydrogen (secondary N) is 2. The largest absolute Gasteiger partial charge is 0.465 e. The van der Waals surface area contributed by atoms with Gasteiger partial charge in [-0.05, 0) is 48.9 Å². The van der Waals surface area contributed by atoms with E-state index in [9.17, 15) is 15.8 Å². The van der Waals surface area contributed by atoms with E-state index in [1.54, 1.807) is 0 Å². The van der Waals surface area contributed by atoms with Gasteiger partial charge in [0.05, 0.1) is 55.3 Å². The fourth-order valence-electron chi connectivity index (χ4n) is 3.14. The summed E-state index contributed by atoms with van der Waals surface area (Å²) in [5.74, 6) is -5.71. The second-order valence-corrected chi connectivity index (χ2v) is 7.51. The van der Waals surface area contributed by atoms with Gasteiger partial charge in [0.1, 0.15) is 0 Å². The van der Waals surface area contributed by atoms with Crippen LogP contribution in [0.25, 0.3) is 11.3 Å². The van der Waals surface area contributed by atoms with Crippen molar-refractivity contribution in [3.63, 3.8) is 0 Å². The van der Waals surface area contributed by atoms with Crippen molar-refractivity contribution in [3.8, 4) is 0 Å². The lowest BCUT2D eigenvalue weighted by atomic mass is 9.99. The smallest absolute Gasteiger partial charge is 0.337 e. The number of carbonyl (C=O) groups is 3. The molecule has 1 fully saturated rings. The zero-order chi connectivity index (χ0) is 51.9. The topological polar surface area (TPSA) is 94.2 Å². The summed E-state index contributed by atoms with van der Waals surface area (Å²) < 4.78 is 235. The zero-order valence-electron chi connectivity index (χ0n) is 47.4. The summed E-state index contributed by atoms with van der Waals surface area (Å²) >= 11 is 0. The van der Waals surface area contributed by atoms with E-state index in [0.717, 1.165) is 7.11 Å². The molecule has 9 heteroatoms. The van der Waals surface area contributed by atoms with Gasteiger partial charge in [-0.2, -0.15) is 0 Å². The Bertz CT molecular complexity index is 2640. The Morgan fingerprint density at radius 3 is 2.52 bits per heavy atom. The highest BCUT2D eigenvalue weighted by molar-refractivity contribution is 6.37. The van der Waals surface area contributed by atoms with Crippen LogP contribution in [-0.2, 0) is 14.3 Å². The Kier molecular flexibility index (Phi) is 2.81. The Morgan fingerprint density at radius 2 is 1.85 bits per heavy atom. The molecule has 1 saturated heterocycles. The molecule has 206 valence electrons. The van der Waals surface area contributed by atoms with Gasteiger partial charge in [0.2, 0.25) is 5.91 Å². The van der Waals surface area contributed by atoms with E-state index in [-0.39, 0.29) is 15.5 Å². The summed E-state index contributed by atoms with van der Waals surface area (Å²) in [5.41, 5.74) is -9.77. The molecule has 0 unspecified atom stereocenters. The number of piperazine rings is 1. The van der Waals surface area contributed by atoms with Crippen LogP contribution >= 0.6 is 0 Å². The fraction of sp³-hybridized carbons (Fsp3) is 0.258. The molecule has 3 aromatic carbocycles. The van der Waals surface area contributed by atoms with Crippen LogP contribution in [0.2, 0.25) is 2.82 Å². The number of anilines is 3. The standard InChI is InChI=1S/C31H33N5O4/c1-34-15-17-36(18-16-34)20-27(37)35(2)24-12-10-23(11-13-24)32-29(21-7-5-4-6-8-21)28-25-14-9-22(31(39)40-3)19-26(25)33-30(28)38/h4-14,19,32H,15-18,20H2,1-3H3,(H,33,38)/b29-28-/i2D3,4D,5D,6D,7D,8D,9D,10D,11D,12D,13D,14D,15D2,16D2,17D2,18D2,19D,20D2/hD2. The van der Waals surface area contributed by atoms with Gasteiger partial charge in [-0.15, -0.1) is 0 Å². The highest BCUT2D eigenvalue weighted by atomic mass is 16.5. The van der Waals surface area contributed by atoms with Crippen LogP contribution in [0.4, 0.5) is 17.1 Å². The highest BCUT2D eigenvalue weighted by Crippen LogP contribution is 2.38. The molecular formula is C31H33N5O4. The number of methoxy groups -OCH3 is 1. The number of rotatable bonds is 7. The predicted molar refractivity (Wildman–Crippen MR) is 157 cm³/mol. The van der Waals surface area contributed by atoms with E-state index in [4.69, 9.17) is 35.7 Å². The van der Waals surface area contributed by atoms with Crippen molar-refractivity contribution in [3.05, 3.63) is 89.2 Å². The van der Waals surface area contributed by atoms with Crippen LogP contribution in [0, 0.1) is 0 Å². The predicted octanol–water partition coefficient (Wildman–Crippen LogP) is 3.62. The highest BCUT2D eigenvalue weighted by Gasteiger charge is 2.29. The van der Waals surface area contributed by atoms with E-state index >= 15 is 0 Å². The van der Waals surface area contributed by atoms with Gasteiger partial charge in [0.15, 0.2) is 2.82 Å². The maximum Gasteiger partial charge on any atom is 0.337 e. The van der Waals surface area contributed by atoms with E-state index in [0.29, 0.717) is 7.05 Å². The van der Waals surface area contributed by atoms with Crippen molar-refractivity contribution in [2.24, 2.45) is 0 Å². The summed E-state index contributed by atoms with van der Waals surface area (Å²) in [5, 5.41) is -0.401. The molecule has 2 heterocycles. The molecule has 3 aromatic rings. The number of fused-ring (bicyclic) bond motifs is 1. The van der Waals surface area contributed by atoms with Gasteiger partial charge in [0, 0.05) is 65.0 Å². The molecule has 0 aromatic heterocycles. The van der Waals surface area contributed by atoms with Crippen LogP contribution in [0.1, 0.15) is 55.8 Å². The van der Waals surface area contributed by atoms with Gasteiger partial charge < -0.3 is 25.2 Å². The van der Waals surface area contributed by atoms with Gasteiger partial charge >= 0.3 is 5.97 Å². The molecule has 9 nitrogen and oxygen atoms in total. The summed E-state index contributed by atoms with van der Waals surface area (Å²) in [6.45, 7) is -24.2. The lowest BCUT2D eigenvalue weighted by Gasteiger charge is -2.32. The van der Waals surface area contributed by atoms with E-state index in [1.807, 2.05) is 0 Å². The second-order valence-electron chi connectivity index (χ2n) is 7.51. The van der Waals surface area contributed by atoms with Crippen LogP contribution in [0.15, 0.2) is 72.5 Å². The second kappa shape index (κ2) is 11.7. The molecule has 2 amide bonds. The van der Waals surface area contributed by atoms with Gasteiger partial charge in [-0.3, -0.25) is 14.5 Å². The van der Waals surface area contributed by atoms with Crippen molar-refractivity contribution in [2.45, 2.75) is 0 Å². The first kappa shape index (κ1) is 9.57. The molecule has 0 aliphatic carbocycles. The molecule has 0 spiro atoms. The van der Waals surface area contributed by atoms with Crippen molar-refractivity contribution >= 4 is 46.1 Å². The van der Waals surface area contributed by atoms with E-state index in [2.05, 4.69) is 4.74 Å². The average molecular weight is 567 g/mol. The third kappa shape index (κ3) is 5.75. The minimum Gasteiger partial charge on any atom is -0.465 e. The van der Waals surface area contributed by atoms with Gasteiger partial charge in [-0.25, -0.2) is 4.79 Å². The number of amides is 2. The maximum atomic E-state index is 14.3. The van der Waals surface area contributed by atoms with Crippen molar-refractivity contribution in [1.29, 1.82) is 0 Å². The van der Waals surface area contributed by atoms with Crippen LogP contribution in [-0.4, -0.2) is 81.2 Å². The Morgan fingerprint density at radius 1 is 1.12 bits per heavy atom. The summed E-state index contributed by atoms with van der Waals surface area (Å²) in [7, 11) is 1.43. The molecule has 0 bridgehead atoms. The number of nitrogens with zero attached hydrogens (tertiary/aromatic N) is 3. The molecule has 40 heavy (non-hydrogen) atoms. The number of hydrogen-bond acceptors (Lipinski definition) is 7. The zero-order valence-corrected chi connectivity index (χ0v) is 20.4. The summed E-state index contributed by atoms with van der Waals surface area (Å²) in [6, 6.07) is -15.8. The first-order valence-electron chi connectivity index (χ1n) is 24.2. The molecule has 2 N–H and O–H groups in total. The number of esters is 1.